The standard InChI is InChI=1S/C23H45N2O6/c1-11-29-20(27)22(3,4)17-23(5,21(28)31-15-13-25(8,9)10)16-18(2)19(26)30-14-12-24(6)7/h18H,11-17H2,1-10H3/q+1. The van der Waals surface area contributed by atoms with Gasteiger partial charge in [-0.1, -0.05) is 6.92 Å². The summed E-state index contributed by atoms with van der Waals surface area (Å²) < 4.78 is 16.8. The normalized spacial score (nSPS) is 15.2. The number of nitrogens with zero attached hydrogens (tertiary/aromatic N) is 2. The summed E-state index contributed by atoms with van der Waals surface area (Å²) in [6.45, 7) is 10.8. The Kier molecular flexibility index (Phi) is 11.7. The fraction of sp³-hybridized carbons (Fsp3) is 0.870. The zero-order valence-corrected chi connectivity index (χ0v) is 21.4. The molecule has 8 heteroatoms. The van der Waals surface area contributed by atoms with Crippen LogP contribution in [0.1, 0.15) is 47.5 Å². The average molecular weight is 446 g/mol. The van der Waals surface area contributed by atoms with E-state index in [9.17, 15) is 14.4 Å². The van der Waals surface area contributed by atoms with Crippen molar-refractivity contribution in [1.29, 1.82) is 0 Å². The van der Waals surface area contributed by atoms with Crippen LogP contribution in [-0.2, 0) is 28.6 Å². The molecule has 2 atom stereocenters. The van der Waals surface area contributed by atoms with Crippen LogP contribution in [0.15, 0.2) is 0 Å². The number of hydrogen-bond donors (Lipinski definition) is 0. The molecular weight excluding hydrogens is 400 g/mol. The first kappa shape index (κ1) is 29.3. The Bertz CT molecular complexity index is 597. The second-order valence-electron chi connectivity index (χ2n) is 10.6. The molecule has 0 radical (unpaired) electrons. The number of ether oxygens (including phenoxy) is 3. The first-order valence-corrected chi connectivity index (χ1v) is 11.0. The molecule has 0 spiro atoms. The van der Waals surface area contributed by atoms with Gasteiger partial charge in [-0.25, -0.2) is 0 Å². The van der Waals surface area contributed by atoms with Gasteiger partial charge >= 0.3 is 17.9 Å². The van der Waals surface area contributed by atoms with Crippen molar-refractivity contribution in [2.24, 2.45) is 16.7 Å². The minimum Gasteiger partial charge on any atom is -0.466 e. The molecule has 0 bridgehead atoms. The molecule has 2 unspecified atom stereocenters. The van der Waals surface area contributed by atoms with Crippen LogP contribution < -0.4 is 0 Å². The van der Waals surface area contributed by atoms with Crippen LogP contribution in [0.5, 0.6) is 0 Å². The van der Waals surface area contributed by atoms with Crippen LogP contribution in [0.3, 0.4) is 0 Å². The SMILES string of the molecule is CCOC(=O)C(C)(C)CC(C)(CC(C)C(=O)OCCN(C)C)C(=O)OCC[N+](C)(C)C. The number of esters is 3. The van der Waals surface area contributed by atoms with Gasteiger partial charge in [0, 0.05) is 6.54 Å². The Balaban J connectivity index is 5.43. The average Bonchev–Trinajstić information content (AvgIpc) is 2.59. The summed E-state index contributed by atoms with van der Waals surface area (Å²) in [6.07, 6.45) is 0.428. The highest BCUT2D eigenvalue weighted by molar-refractivity contribution is 5.81. The van der Waals surface area contributed by atoms with E-state index < -0.39 is 22.7 Å². The van der Waals surface area contributed by atoms with E-state index in [4.69, 9.17) is 14.2 Å². The summed E-state index contributed by atoms with van der Waals surface area (Å²) in [5.74, 6) is -1.66. The van der Waals surface area contributed by atoms with Crippen molar-refractivity contribution in [3.63, 3.8) is 0 Å². The summed E-state index contributed by atoms with van der Waals surface area (Å²) in [6, 6.07) is 0. The predicted molar refractivity (Wildman–Crippen MR) is 120 cm³/mol. The molecule has 0 aliphatic carbocycles. The maximum absolute atomic E-state index is 13.1. The number of quaternary nitrogens is 1. The van der Waals surface area contributed by atoms with Crippen molar-refractivity contribution in [3.8, 4) is 0 Å². The third-order valence-electron chi connectivity index (χ3n) is 5.09. The van der Waals surface area contributed by atoms with Gasteiger partial charge in [0.2, 0.25) is 0 Å². The van der Waals surface area contributed by atoms with Crippen LogP contribution in [-0.4, -0.2) is 95.4 Å². The Labute approximate surface area is 188 Å². The van der Waals surface area contributed by atoms with Gasteiger partial charge in [0.1, 0.15) is 19.8 Å². The van der Waals surface area contributed by atoms with Crippen LogP contribution in [0.2, 0.25) is 0 Å². The van der Waals surface area contributed by atoms with E-state index in [0.29, 0.717) is 17.6 Å². The van der Waals surface area contributed by atoms with E-state index in [1.807, 2.05) is 40.1 Å². The third-order valence-corrected chi connectivity index (χ3v) is 5.09. The van der Waals surface area contributed by atoms with Gasteiger partial charge in [-0.15, -0.1) is 0 Å². The van der Waals surface area contributed by atoms with Crippen molar-refractivity contribution in [2.75, 3.05) is 68.1 Å². The largest absolute Gasteiger partial charge is 0.466 e. The van der Waals surface area contributed by atoms with E-state index in [-0.39, 0.29) is 44.6 Å². The predicted octanol–water partition coefficient (Wildman–Crippen LogP) is 2.35. The molecule has 0 rings (SSSR count). The van der Waals surface area contributed by atoms with E-state index in [0.717, 1.165) is 0 Å². The second-order valence-corrected chi connectivity index (χ2v) is 10.6. The summed E-state index contributed by atoms with van der Waals surface area (Å²) in [5.41, 5.74) is -1.94. The molecule has 0 aromatic heterocycles. The monoisotopic (exact) mass is 445 g/mol. The molecule has 0 amide bonds. The summed E-state index contributed by atoms with van der Waals surface area (Å²) in [7, 11) is 9.85. The molecule has 0 saturated carbocycles. The van der Waals surface area contributed by atoms with E-state index in [2.05, 4.69) is 0 Å². The van der Waals surface area contributed by atoms with Crippen molar-refractivity contribution in [3.05, 3.63) is 0 Å². The lowest BCUT2D eigenvalue weighted by Gasteiger charge is -2.36. The lowest BCUT2D eigenvalue weighted by Crippen LogP contribution is -2.43. The maximum atomic E-state index is 13.1. The van der Waals surface area contributed by atoms with E-state index in [1.54, 1.807) is 34.6 Å². The molecule has 182 valence electrons. The van der Waals surface area contributed by atoms with E-state index >= 15 is 0 Å². The summed E-state index contributed by atoms with van der Waals surface area (Å²) >= 11 is 0. The Morgan fingerprint density at radius 1 is 0.935 bits per heavy atom. The fourth-order valence-electron chi connectivity index (χ4n) is 3.42. The molecule has 0 N–H and O–H groups in total. The minimum atomic E-state index is -1.04. The van der Waals surface area contributed by atoms with Gasteiger partial charge in [0.05, 0.1) is 44.5 Å². The van der Waals surface area contributed by atoms with Crippen molar-refractivity contribution < 1.29 is 33.1 Å². The zero-order chi connectivity index (χ0) is 24.5. The Morgan fingerprint density at radius 3 is 2.00 bits per heavy atom. The molecule has 0 heterocycles. The molecule has 0 aliphatic heterocycles. The minimum absolute atomic E-state index is 0.206. The van der Waals surface area contributed by atoms with Crippen molar-refractivity contribution >= 4 is 17.9 Å². The second kappa shape index (κ2) is 12.4. The maximum Gasteiger partial charge on any atom is 0.312 e. The van der Waals surface area contributed by atoms with Crippen molar-refractivity contribution in [1.82, 2.24) is 4.90 Å². The smallest absolute Gasteiger partial charge is 0.312 e. The van der Waals surface area contributed by atoms with Gasteiger partial charge in [-0.2, -0.15) is 0 Å². The van der Waals surface area contributed by atoms with Gasteiger partial charge in [0.25, 0.3) is 0 Å². The highest BCUT2D eigenvalue weighted by atomic mass is 16.5. The topological polar surface area (TPSA) is 82.1 Å². The third kappa shape index (κ3) is 11.5. The summed E-state index contributed by atoms with van der Waals surface area (Å²) in [4.78, 5) is 40.0. The molecule has 0 fully saturated rings. The van der Waals surface area contributed by atoms with Crippen LogP contribution in [0.4, 0.5) is 0 Å². The van der Waals surface area contributed by atoms with Crippen LogP contribution >= 0.6 is 0 Å². The van der Waals surface area contributed by atoms with Gasteiger partial charge in [-0.05, 0) is 54.6 Å². The lowest BCUT2D eigenvalue weighted by atomic mass is 9.70. The highest BCUT2D eigenvalue weighted by Gasteiger charge is 2.45. The van der Waals surface area contributed by atoms with Crippen LogP contribution in [0.25, 0.3) is 0 Å². The van der Waals surface area contributed by atoms with Crippen LogP contribution in [0, 0.1) is 16.7 Å². The molecule has 8 nitrogen and oxygen atoms in total. The van der Waals surface area contributed by atoms with E-state index in [1.165, 1.54) is 0 Å². The van der Waals surface area contributed by atoms with Crippen molar-refractivity contribution in [2.45, 2.75) is 47.5 Å². The number of carbonyl (C=O) groups is 3. The molecule has 0 aliphatic rings. The quantitative estimate of drug-likeness (QED) is 0.231. The number of likely N-dealkylation sites (N-methyl/N-ethyl adjacent to an activating group) is 2. The Hall–Kier alpha value is -1.67. The first-order valence-electron chi connectivity index (χ1n) is 11.0. The Morgan fingerprint density at radius 2 is 1.52 bits per heavy atom. The van der Waals surface area contributed by atoms with Gasteiger partial charge in [-0.3, -0.25) is 14.4 Å². The first-order chi connectivity index (χ1) is 14.0. The number of hydrogen-bond acceptors (Lipinski definition) is 7. The summed E-state index contributed by atoms with van der Waals surface area (Å²) in [5, 5.41) is 0. The van der Waals surface area contributed by atoms with Gasteiger partial charge < -0.3 is 23.6 Å². The number of rotatable bonds is 14. The molecule has 0 aromatic rings. The highest BCUT2D eigenvalue weighted by Crippen LogP contribution is 2.41. The number of carbonyl (C=O) groups excluding carboxylic acids is 3. The zero-order valence-electron chi connectivity index (χ0n) is 21.4. The molecule has 31 heavy (non-hydrogen) atoms. The lowest BCUT2D eigenvalue weighted by molar-refractivity contribution is -0.870. The van der Waals surface area contributed by atoms with Gasteiger partial charge in [0.15, 0.2) is 0 Å². The fourth-order valence-corrected chi connectivity index (χ4v) is 3.42. The molecule has 0 aromatic carbocycles. The molecular formula is C23H45N2O6+. The molecule has 0 saturated heterocycles.